The maximum atomic E-state index is 10.4. The number of aliphatic carboxylic acids is 1. The fourth-order valence-corrected chi connectivity index (χ4v) is 1.63. The van der Waals surface area contributed by atoms with Gasteiger partial charge >= 0.3 is 5.97 Å². The number of carbonyl (C=O) groups is 1. The number of aliphatic hydroxyl groups excluding tert-OH is 1. The smallest absolute Gasteiger partial charge is 0.317 e. The molecule has 3 N–H and O–H groups in total. The lowest BCUT2D eigenvalue weighted by Crippen LogP contribution is -2.35. The second-order valence-corrected chi connectivity index (χ2v) is 4.43. The number of carboxylic acid groups (broad SMARTS) is 1. The van der Waals surface area contributed by atoms with Gasteiger partial charge in [-0.2, -0.15) is 0 Å². The molecule has 5 nitrogen and oxygen atoms in total. The SMILES string of the molecule is CCCOc1ccc(C(O)C(C)NCC(=O)O)cc1. The van der Waals surface area contributed by atoms with E-state index in [1.807, 2.05) is 6.92 Å². The maximum Gasteiger partial charge on any atom is 0.317 e. The van der Waals surface area contributed by atoms with E-state index in [-0.39, 0.29) is 12.6 Å². The Balaban J connectivity index is 2.56. The van der Waals surface area contributed by atoms with Crippen molar-refractivity contribution >= 4 is 5.97 Å². The summed E-state index contributed by atoms with van der Waals surface area (Å²) in [5, 5.41) is 21.4. The molecule has 0 radical (unpaired) electrons. The Kier molecular flexibility index (Phi) is 6.32. The summed E-state index contributed by atoms with van der Waals surface area (Å²) in [5.74, 6) is -0.175. The zero-order valence-corrected chi connectivity index (χ0v) is 11.3. The number of hydrogen-bond acceptors (Lipinski definition) is 4. The molecule has 0 aliphatic heterocycles. The van der Waals surface area contributed by atoms with E-state index in [0.717, 1.165) is 17.7 Å². The molecule has 1 rings (SSSR count). The van der Waals surface area contributed by atoms with Crippen LogP contribution < -0.4 is 10.1 Å². The van der Waals surface area contributed by atoms with Crippen molar-refractivity contribution in [3.05, 3.63) is 29.8 Å². The normalized spacial score (nSPS) is 13.8. The van der Waals surface area contributed by atoms with E-state index in [0.29, 0.717) is 6.61 Å². The molecule has 2 atom stereocenters. The Morgan fingerprint density at radius 3 is 2.53 bits per heavy atom. The molecule has 19 heavy (non-hydrogen) atoms. The zero-order valence-electron chi connectivity index (χ0n) is 11.3. The Bertz CT molecular complexity index is 391. The summed E-state index contributed by atoms with van der Waals surface area (Å²) >= 11 is 0. The zero-order chi connectivity index (χ0) is 14.3. The summed E-state index contributed by atoms with van der Waals surface area (Å²) in [6.07, 6.45) is 0.195. The van der Waals surface area contributed by atoms with Crippen molar-refractivity contribution < 1.29 is 19.7 Å². The lowest BCUT2D eigenvalue weighted by atomic mass is 10.0. The third-order valence-corrected chi connectivity index (χ3v) is 2.74. The molecule has 106 valence electrons. The van der Waals surface area contributed by atoms with Gasteiger partial charge < -0.3 is 20.3 Å². The molecule has 0 fully saturated rings. The molecule has 0 saturated heterocycles. The van der Waals surface area contributed by atoms with Gasteiger partial charge in [-0.3, -0.25) is 4.79 Å². The molecule has 0 heterocycles. The maximum absolute atomic E-state index is 10.4. The van der Waals surface area contributed by atoms with Crippen LogP contribution in [0.15, 0.2) is 24.3 Å². The fraction of sp³-hybridized carbons (Fsp3) is 0.500. The van der Waals surface area contributed by atoms with Crippen molar-refractivity contribution in [3.63, 3.8) is 0 Å². The highest BCUT2D eigenvalue weighted by Crippen LogP contribution is 2.20. The van der Waals surface area contributed by atoms with E-state index in [1.54, 1.807) is 31.2 Å². The van der Waals surface area contributed by atoms with E-state index in [9.17, 15) is 9.90 Å². The summed E-state index contributed by atoms with van der Waals surface area (Å²) in [6.45, 7) is 4.28. The minimum absolute atomic E-state index is 0.171. The van der Waals surface area contributed by atoms with Crippen molar-refractivity contribution in [1.29, 1.82) is 0 Å². The minimum Gasteiger partial charge on any atom is -0.494 e. The van der Waals surface area contributed by atoms with Crippen molar-refractivity contribution in [3.8, 4) is 5.75 Å². The number of benzene rings is 1. The molecule has 0 spiro atoms. The van der Waals surface area contributed by atoms with Gasteiger partial charge in [-0.15, -0.1) is 0 Å². The van der Waals surface area contributed by atoms with Gasteiger partial charge in [-0.05, 0) is 31.0 Å². The first-order chi connectivity index (χ1) is 9.04. The average Bonchev–Trinajstić information content (AvgIpc) is 2.42. The quantitative estimate of drug-likeness (QED) is 0.666. The second-order valence-electron chi connectivity index (χ2n) is 4.43. The highest BCUT2D eigenvalue weighted by Gasteiger charge is 2.16. The summed E-state index contributed by atoms with van der Waals surface area (Å²) in [6, 6.07) is 6.85. The van der Waals surface area contributed by atoms with Crippen LogP contribution in [0.25, 0.3) is 0 Å². The van der Waals surface area contributed by atoms with Crippen LogP contribution in [0.2, 0.25) is 0 Å². The fourth-order valence-electron chi connectivity index (χ4n) is 1.63. The Morgan fingerprint density at radius 1 is 1.37 bits per heavy atom. The first-order valence-corrected chi connectivity index (χ1v) is 6.40. The molecular formula is C14H21NO4. The monoisotopic (exact) mass is 267 g/mol. The predicted octanol–water partition coefficient (Wildman–Crippen LogP) is 1.57. The van der Waals surface area contributed by atoms with Gasteiger partial charge in [-0.25, -0.2) is 0 Å². The minimum atomic E-state index is -0.942. The highest BCUT2D eigenvalue weighted by atomic mass is 16.5. The van der Waals surface area contributed by atoms with Gasteiger partial charge in [-0.1, -0.05) is 19.1 Å². The summed E-state index contributed by atoms with van der Waals surface area (Å²) in [5.41, 5.74) is 0.731. The van der Waals surface area contributed by atoms with Gasteiger partial charge in [0.05, 0.1) is 19.3 Å². The predicted molar refractivity (Wildman–Crippen MR) is 72.3 cm³/mol. The number of rotatable bonds is 8. The molecule has 1 aromatic carbocycles. The van der Waals surface area contributed by atoms with Crippen molar-refractivity contribution in [1.82, 2.24) is 5.32 Å². The number of carboxylic acids is 1. The first kappa shape index (κ1) is 15.5. The standard InChI is InChI=1S/C14H21NO4/c1-3-8-19-12-6-4-11(5-7-12)14(18)10(2)15-9-13(16)17/h4-7,10,14-15,18H,3,8-9H2,1-2H3,(H,16,17). The molecule has 0 aromatic heterocycles. The van der Waals surface area contributed by atoms with Crippen molar-refractivity contribution in [2.24, 2.45) is 0 Å². The highest BCUT2D eigenvalue weighted by molar-refractivity contribution is 5.69. The summed E-state index contributed by atoms with van der Waals surface area (Å²) < 4.78 is 5.45. The molecule has 0 saturated carbocycles. The molecule has 0 aliphatic rings. The molecule has 0 aliphatic carbocycles. The lowest BCUT2D eigenvalue weighted by Gasteiger charge is -2.20. The molecule has 0 amide bonds. The van der Waals surface area contributed by atoms with Crippen LogP contribution in [-0.2, 0) is 4.79 Å². The van der Waals surface area contributed by atoms with Crippen LogP contribution in [0.3, 0.4) is 0 Å². The second kappa shape index (κ2) is 7.76. The Hall–Kier alpha value is -1.59. The van der Waals surface area contributed by atoms with E-state index in [1.165, 1.54) is 0 Å². The number of aliphatic hydroxyl groups is 1. The molecule has 0 bridgehead atoms. The van der Waals surface area contributed by atoms with Crippen molar-refractivity contribution in [2.45, 2.75) is 32.4 Å². The van der Waals surface area contributed by atoms with Crippen LogP contribution in [0.4, 0.5) is 0 Å². The van der Waals surface area contributed by atoms with Gasteiger partial charge in [0.2, 0.25) is 0 Å². The van der Waals surface area contributed by atoms with Crippen LogP contribution in [0.1, 0.15) is 31.9 Å². The third-order valence-electron chi connectivity index (χ3n) is 2.74. The third kappa shape index (κ3) is 5.28. The number of nitrogens with one attached hydrogen (secondary N) is 1. The topological polar surface area (TPSA) is 78.8 Å². The first-order valence-electron chi connectivity index (χ1n) is 6.40. The average molecular weight is 267 g/mol. The van der Waals surface area contributed by atoms with Gasteiger partial charge in [0.25, 0.3) is 0 Å². The van der Waals surface area contributed by atoms with E-state index >= 15 is 0 Å². The van der Waals surface area contributed by atoms with E-state index < -0.39 is 12.1 Å². The van der Waals surface area contributed by atoms with Crippen LogP contribution in [-0.4, -0.2) is 35.4 Å². The van der Waals surface area contributed by atoms with Gasteiger partial charge in [0, 0.05) is 6.04 Å². The Labute approximate surface area is 113 Å². The van der Waals surface area contributed by atoms with Gasteiger partial charge in [0.15, 0.2) is 0 Å². The van der Waals surface area contributed by atoms with Crippen LogP contribution >= 0.6 is 0 Å². The lowest BCUT2D eigenvalue weighted by molar-refractivity contribution is -0.136. The van der Waals surface area contributed by atoms with Crippen LogP contribution in [0, 0.1) is 0 Å². The Morgan fingerprint density at radius 2 is 2.00 bits per heavy atom. The van der Waals surface area contributed by atoms with E-state index in [2.05, 4.69) is 5.32 Å². The summed E-state index contributed by atoms with van der Waals surface area (Å²) in [4.78, 5) is 10.4. The summed E-state index contributed by atoms with van der Waals surface area (Å²) in [7, 11) is 0. The molecular weight excluding hydrogens is 246 g/mol. The largest absolute Gasteiger partial charge is 0.494 e. The molecule has 5 heteroatoms. The van der Waals surface area contributed by atoms with Gasteiger partial charge in [0.1, 0.15) is 5.75 Å². The number of hydrogen-bond donors (Lipinski definition) is 3. The molecule has 2 unspecified atom stereocenters. The van der Waals surface area contributed by atoms with Crippen LogP contribution in [0.5, 0.6) is 5.75 Å². The number of ether oxygens (including phenoxy) is 1. The van der Waals surface area contributed by atoms with Crippen molar-refractivity contribution in [2.75, 3.05) is 13.2 Å². The van der Waals surface area contributed by atoms with E-state index in [4.69, 9.17) is 9.84 Å². The molecule has 1 aromatic rings.